The highest BCUT2D eigenvalue weighted by atomic mass is 32.1. The molecule has 1 aromatic heterocycles. The van der Waals surface area contributed by atoms with Gasteiger partial charge in [-0.25, -0.2) is 4.99 Å². The van der Waals surface area contributed by atoms with Gasteiger partial charge in [-0.05, 0) is 61.2 Å². The lowest BCUT2D eigenvalue weighted by molar-refractivity contribution is 0.287. The molecule has 4 nitrogen and oxygen atoms in total. The van der Waals surface area contributed by atoms with Crippen molar-refractivity contribution in [3.05, 3.63) is 22.4 Å². The van der Waals surface area contributed by atoms with Gasteiger partial charge in [0, 0.05) is 19.6 Å². The molecule has 0 aromatic carbocycles. The molecule has 0 spiro atoms. The minimum absolute atomic E-state index is 0.646. The van der Waals surface area contributed by atoms with E-state index >= 15 is 0 Å². The first-order chi connectivity index (χ1) is 10.3. The van der Waals surface area contributed by atoms with E-state index in [2.05, 4.69) is 51.2 Å². The quantitative estimate of drug-likeness (QED) is 0.601. The third kappa shape index (κ3) is 6.06. The van der Waals surface area contributed by atoms with Gasteiger partial charge in [0.15, 0.2) is 5.96 Å². The number of likely N-dealkylation sites (tertiary alicyclic amines) is 1. The molecule has 118 valence electrons. The molecule has 0 amide bonds. The van der Waals surface area contributed by atoms with E-state index in [9.17, 15) is 0 Å². The number of hydrogen-bond donors (Lipinski definition) is 2. The van der Waals surface area contributed by atoms with Gasteiger partial charge < -0.3 is 15.5 Å². The highest BCUT2D eigenvalue weighted by Gasteiger charge is 2.14. The molecule has 1 aliphatic heterocycles. The molecule has 2 heterocycles. The molecular formula is C16H28N4S. The molecule has 2 rings (SSSR count). The summed E-state index contributed by atoms with van der Waals surface area (Å²) in [5, 5.41) is 11.1. The molecule has 21 heavy (non-hydrogen) atoms. The maximum atomic E-state index is 4.65. The van der Waals surface area contributed by atoms with Crippen molar-refractivity contribution < 1.29 is 0 Å². The summed E-state index contributed by atoms with van der Waals surface area (Å²) in [6.07, 6.45) is 2.73. The molecule has 1 saturated heterocycles. The highest BCUT2D eigenvalue weighted by molar-refractivity contribution is 7.07. The van der Waals surface area contributed by atoms with Crippen molar-refractivity contribution in [2.45, 2.75) is 33.2 Å². The van der Waals surface area contributed by atoms with Gasteiger partial charge in [0.25, 0.3) is 0 Å². The first-order valence-corrected chi connectivity index (χ1v) is 8.98. The van der Waals surface area contributed by atoms with Crippen LogP contribution < -0.4 is 10.6 Å². The third-order valence-electron chi connectivity index (χ3n) is 3.73. The number of hydrogen-bond acceptors (Lipinski definition) is 3. The van der Waals surface area contributed by atoms with Crippen LogP contribution in [0.1, 0.15) is 32.3 Å². The Bertz CT molecular complexity index is 410. The van der Waals surface area contributed by atoms with Crippen molar-refractivity contribution in [2.75, 3.05) is 32.7 Å². The monoisotopic (exact) mass is 308 g/mol. The standard InChI is InChI=1S/C16H28N4S/c1-3-17-16(19-11-15-6-9-21-13-15)18-10-14(2)12-20-7-4-5-8-20/h6,9,13-14H,3-5,7-8,10-12H2,1-2H3,(H2,17,18,19). The molecule has 1 fully saturated rings. The van der Waals surface area contributed by atoms with Gasteiger partial charge in [-0.3, -0.25) is 0 Å². The molecule has 0 aliphatic carbocycles. The summed E-state index contributed by atoms with van der Waals surface area (Å²) in [4.78, 5) is 7.22. The summed E-state index contributed by atoms with van der Waals surface area (Å²) in [5.41, 5.74) is 1.28. The van der Waals surface area contributed by atoms with Crippen molar-refractivity contribution in [3.8, 4) is 0 Å². The van der Waals surface area contributed by atoms with Crippen LogP contribution in [-0.4, -0.2) is 43.6 Å². The van der Waals surface area contributed by atoms with Crippen LogP contribution in [0, 0.1) is 5.92 Å². The number of nitrogens with one attached hydrogen (secondary N) is 2. The normalized spacial score (nSPS) is 17.9. The molecule has 1 unspecified atom stereocenters. The van der Waals surface area contributed by atoms with Gasteiger partial charge in [-0.1, -0.05) is 6.92 Å². The average Bonchev–Trinajstić information content (AvgIpc) is 3.15. The fraction of sp³-hybridized carbons (Fsp3) is 0.688. The van der Waals surface area contributed by atoms with Crippen molar-refractivity contribution in [3.63, 3.8) is 0 Å². The highest BCUT2D eigenvalue weighted by Crippen LogP contribution is 2.10. The zero-order valence-electron chi connectivity index (χ0n) is 13.3. The van der Waals surface area contributed by atoms with Gasteiger partial charge in [-0.2, -0.15) is 11.3 Å². The van der Waals surface area contributed by atoms with Crippen LogP contribution in [0.25, 0.3) is 0 Å². The average molecular weight is 308 g/mol. The molecule has 0 bridgehead atoms. The van der Waals surface area contributed by atoms with Crippen LogP contribution in [0.3, 0.4) is 0 Å². The van der Waals surface area contributed by atoms with Crippen LogP contribution in [0.2, 0.25) is 0 Å². The Morgan fingerprint density at radius 2 is 2.19 bits per heavy atom. The van der Waals surface area contributed by atoms with Gasteiger partial charge in [0.1, 0.15) is 0 Å². The van der Waals surface area contributed by atoms with Gasteiger partial charge >= 0.3 is 0 Å². The van der Waals surface area contributed by atoms with Gasteiger partial charge in [-0.15, -0.1) is 0 Å². The van der Waals surface area contributed by atoms with E-state index in [4.69, 9.17) is 0 Å². The van der Waals surface area contributed by atoms with E-state index in [0.29, 0.717) is 5.92 Å². The summed E-state index contributed by atoms with van der Waals surface area (Å²) >= 11 is 1.72. The Labute approximate surface area is 132 Å². The second-order valence-corrected chi connectivity index (χ2v) is 6.60. The zero-order valence-corrected chi connectivity index (χ0v) is 14.1. The first kappa shape index (κ1) is 16.3. The van der Waals surface area contributed by atoms with Gasteiger partial charge in [0.2, 0.25) is 0 Å². The maximum Gasteiger partial charge on any atom is 0.191 e. The lowest BCUT2D eigenvalue weighted by atomic mass is 10.1. The summed E-state index contributed by atoms with van der Waals surface area (Å²) in [5.74, 6) is 1.57. The molecular weight excluding hydrogens is 280 g/mol. The van der Waals surface area contributed by atoms with Crippen LogP contribution in [0.5, 0.6) is 0 Å². The maximum absolute atomic E-state index is 4.65. The van der Waals surface area contributed by atoms with E-state index in [1.54, 1.807) is 11.3 Å². The Balaban J connectivity index is 1.74. The molecule has 1 atom stereocenters. The van der Waals surface area contributed by atoms with Crippen LogP contribution in [-0.2, 0) is 6.54 Å². The van der Waals surface area contributed by atoms with Crippen molar-refractivity contribution >= 4 is 17.3 Å². The van der Waals surface area contributed by atoms with Crippen LogP contribution in [0.4, 0.5) is 0 Å². The largest absolute Gasteiger partial charge is 0.357 e. The smallest absolute Gasteiger partial charge is 0.191 e. The van der Waals surface area contributed by atoms with Crippen LogP contribution >= 0.6 is 11.3 Å². The molecule has 0 radical (unpaired) electrons. The topological polar surface area (TPSA) is 39.7 Å². The second kappa shape index (κ2) is 9.05. The Hall–Kier alpha value is -1.07. The predicted molar refractivity (Wildman–Crippen MR) is 92.0 cm³/mol. The molecule has 2 N–H and O–H groups in total. The zero-order chi connectivity index (χ0) is 14.9. The SMILES string of the molecule is CCNC(=NCc1ccsc1)NCC(C)CN1CCCC1. The van der Waals surface area contributed by atoms with Crippen molar-refractivity contribution in [1.29, 1.82) is 0 Å². The third-order valence-corrected chi connectivity index (χ3v) is 4.46. The molecule has 0 saturated carbocycles. The second-order valence-electron chi connectivity index (χ2n) is 5.82. The first-order valence-electron chi connectivity index (χ1n) is 8.03. The Morgan fingerprint density at radius 3 is 2.86 bits per heavy atom. The molecule has 5 heteroatoms. The van der Waals surface area contributed by atoms with Gasteiger partial charge in [0.05, 0.1) is 6.54 Å². The molecule has 1 aromatic rings. The summed E-state index contributed by atoms with van der Waals surface area (Å²) < 4.78 is 0. The number of thiophene rings is 1. The number of aliphatic imine (C=N–C) groups is 1. The lowest BCUT2D eigenvalue weighted by Gasteiger charge is -2.21. The minimum Gasteiger partial charge on any atom is -0.357 e. The number of rotatable bonds is 7. The van der Waals surface area contributed by atoms with Crippen molar-refractivity contribution in [2.24, 2.45) is 10.9 Å². The Morgan fingerprint density at radius 1 is 1.38 bits per heavy atom. The van der Waals surface area contributed by atoms with E-state index < -0.39 is 0 Å². The van der Waals surface area contributed by atoms with E-state index in [0.717, 1.165) is 25.6 Å². The summed E-state index contributed by atoms with van der Waals surface area (Å²) in [7, 11) is 0. The summed E-state index contributed by atoms with van der Waals surface area (Å²) in [6, 6.07) is 2.13. The van der Waals surface area contributed by atoms with E-state index in [1.807, 2.05) is 0 Å². The van der Waals surface area contributed by atoms with E-state index in [1.165, 1.54) is 38.0 Å². The number of nitrogens with zero attached hydrogens (tertiary/aromatic N) is 2. The van der Waals surface area contributed by atoms with E-state index in [-0.39, 0.29) is 0 Å². The predicted octanol–water partition coefficient (Wildman–Crippen LogP) is 2.54. The minimum atomic E-state index is 0.646. The summed E-state index contributed by atoms with van der Waals surface area (Å²) in [6.45, 7) is 10.8. The van der Waals surface area contributed by atoms with Crippen molar-refractivity contribution in [1.82, 2.24) is 15.5 Å². The number of guanidine groups is 1. The fourth-order valence-electron chi connectivity index (χ4n) is 2.64. The molecule has 1 aliphatic rings. The Kier molecular flexibility index (Phi) is 7.03. The fourth-order valence-corrected chi connectivity index (χ4v) is 3.30. The van der Waals surface area contributed by atoms with Crippen LogP contribution in [0.15, 0.2) is 21.8 Å². The lowest BCUT2D eigenvalue weighted by Crippen LogP contribution is -2.41.